The molecular weight excluding hydrogens is 96.0 g/mol. The number of urea groups is 1. The Bertz CT molecular complexity index is 91.7. The average molecular weight is 102 g/mol. The van der Waals surface area contributed by atoms with Crippen LogP contribution >= 0.6 is 0 Å². The fourth-order valence-corrected chi connectivity index (χ4v) is 0.300. The molecule has 1 aliphatic rings. The quantitative estimate of drug-likeness (QED) is 0.351. The number of amides is 2. The zero-order valence-electron chi connectivity index (χ0n) is 3.86. The Kier molecular flexibility index (Phi) is 0.844. The molecule has 3 N–H and O–H groups in total. The molecular formula is C2H6N4O. The van der Waals surface area contributed by atoms with Crippen molar-refractivity contribution in [2.45, 2.75) is 0 Å². The largest absolute Gasteiger partial charge is 0.348 e. The Morgan fingerprint density at radius 3 is 2.57 bits per heavy atom. The van der Waals surface area contributed by atoms with Gasteiger partial charge in [0.15, 0.2) is 0 Å². The number of carbonyl (C=O) groups excluding carboxylic acids is 1. The summed E-state index contributed by atoms with van der Waals surface area (Å²) in [7, 11) is 1.61. The van der Waals surface area contributed by atoms with E-state index in [0.717, 1.165) is 0 Å². The maximum atomic E-state index is 10.3. The summed E-state index contributed by atoms with van der Waals surface area (Å²) in [5, 5.41) is 1.29. The second kappa shape index (κ2) is 1.36. The summed E-state index contributed by atoms with van der Waals surface area (Å²) in [5.41, 5.74) is 7.19. The average Bonchev–Trinajstić information content (AvgIpc) is 1.91. The van der Waals surface area contributed by atoms with Crippen LogP contribution in [0.15, 0.2) is 0 Å². The fraction of sp³-hybridized carbons (Fsp3) is 0.500. The molecule has 0 aromatic carbocycles. The summed E-state index contributed by atoms with van der Waals surface area (Å²) in [4.78, 5) is 10.3. The lowest BCUT2D eigenvalue weighted by atomic mass is 11.0. The zero-order chi connectivity index (χ0) is 5.28. The van der Waals surface area contributed by atoms with Gasteiger partial charge in [0.25, 0.3) is 0 Å². The Labute approximate surface area is 40.6 Å². The van der Waals surface area contributed by atoms with Crippen LogP contribution in [0.2, 0.25) is 0 Å². The first-order valence-electron chi connectivity index (χ1n) is 1.85. The number of nitrogens with one attached hydrogen (secondary N) is 3. The van der Waals surface area contributed by atoms with Gasteiger partial charge in [0.1, 0.15) is 0 Å². The van der Waals surface area contributed by atoms with Gasteiger partial charge in [-0.05, 0) is 0 Å². The van der Waals surface area contributed by atoms with E-state index in [-0.39, 0.29) is 6.03 Å². The van der Waals surface area contributed by atoms with Crippen molar-refractivity contribution in [2.75, 3.05) is 7.05 Å². The second-order valence-electron chi connectivity index (χ2n) is 1.23. The molecule has 1 rings (SSSR count). The summed E-state index contributed by atoms with van der Waals surface area (Å²) >= 11 is 0. The monoisotopic (exact) mass is 102 g/mol. The van der Waals surface area contributed by atoms with E-state index < -0.39 is 0 Å². The SMILES string of the molecule is CN1NNNC1=O. The number of hydrogen-bond acceptors (Lipinski definition) is 3. The van der Waals surface area contributed by atoms with Gasteiger partial charge >= 0.3 is 6.03 Å². The highest BCUT2D eigenvalue weighted by atomic mass is 16.2. The molecule has 40 valence electrons. The van der Waals surface area contributed by atoms with E-state index in [1.54, 1.807) is 7.05 Å². The van der Waals surface area contributed by atoms with Crippen LogP contribution in [0.5, 0.6) is 0 Å². The first-order valence-corrected chi connectivity index (χ1v) is 1.85. The highest BCUT2D eigenvalue weighted by Crippen LogP contribution is 1.76. The summed E-state index contributed by atoms with van der Waals surface area (Å²) in [5.74, 6) is 0. The van der Waals surface area contributed by atoms with Gasteiger partial charge in [0.2, 0.25) is 0 Å². The van der Waals surface area contributed by atoms with Gasteiger partial charge < -0.3 is 0 Å². The lowest BCUT2D eigenvalue weighted by Gasteiger charge is -2.00. The molecule has 5 nitrogen and oxygen atoms in total. The molecule has 0 aromatic heterocycles. The molecule has 0 aliphatic carbocycles. The van der Waals surface area contributed by atoms with E-state index in [4.69, 9.17) is 0 Å². The third-order valence-electron chi connectivity index (χ3n) is 0.698. The predicted octanol–water partition coefficient (Wildman–Crippen LogP) is -1.43. The number of hydrazine groups is 3. The van der Waals surface area contributed by atoms with Crippen LogP contribution < -0.4 is 16.5 Å². The van der Waals surface area contributed by atoms with Gasteiger partial charge in [0, 0.05) is 7.05 Å². The van der Waals surface area contributed by atoms with Gasteiger partial charge in [-0.25, -0.2) is 9.80 Å². The van der Waals surface area contributed by atoms with Crippen LogP contribution in [0, 0.1) is 0 Å². The molecule has 7 heavy (non-hydrogen) atoms. The summed E-state index contributed by atoms with van der Waals surface area (Å²) in [6.07, 6.45) is 0. The van der Waals surface area contributed by atoms with Crippen molar-refractivity contribution in [2.24, 2.45) is 0 Å². The van der Waals surface area contributed by atoms with Crippen LogP contribution in [0.3, 0.4) is 0 Å². The van der Waals surface area contributed by atoms with E-state index in [0.29, 0.717) is 0 Å². The molecule has 1 saturated heterocycles. The lowest BCUT2D eigenvalue weighted by Crippen LogP contribution is -2.34. The zero-order valence-corrected chi connectivity index (χ0v) is 3.86. The number of nitrogens with zero attached hydrogens (tertiary/aromatic N) is 1. The van der Waals surface area contributed by atoms with Gasteiger partial charge in [-0.2, -0.15) is 0 Å². The lowest BCUT2D eigenvalue weighted by molar-refractivity contribution is 0.213. The van der Waals surface area contributed by atoms with Gasteiger partial charge in [0.05, 0.1) is 0 Å². The normalized spacial score (nSPS) is 20.1. The number of rotatable bonds is 0. The van der Waals surface area contributed by atoms with Crippen LogP contribution in [-0.2, 0) is 0 Å². The minimum absolute atomic E-state index is 0.181. The molecule has 0 atom stereocenters. The predicted molar refractivity (Wildman–Crippen MR) is 22.6 cm³/mol. The highest BCUT2D eigenvalue weighted by Gasteiger charge is 2.11. The van der Waals surface area contributed by atoms with Crippen molar-refractivity contribution in [3.05, 3.63) is 0 Å². The summed E-state index contributed by atoms with van der Waals surface area (Å²) < 4.78 is 0. The van der Waals surface area contributed by atoms with Crippen molar-refractivity contribution >= 4 is 6.03 Å². The summed E-state index contributed by atoms with van der Waals surface area (Å²) in [6.45, 7) is 0. The molecule has 0 unspecified atom stereocenters. The van der Waals surface area contributed by atoms with Crippen molar-refractivity contribution in [3.63, 3.8) is 0 Å². The van der Waals surface area contributed by atoms with Gasteiger partial charge in [-0.1, -0.05) is 0 Å². The first kappa shape index (κ1) is 4.35. The van der Waals surface area contributed by atoms with Crippen LogP contribution in [-0.4, -0.2) is 18.1 Å². The standard InChI is InChI=1S/C2H6N4O/c1-6-2(7)3-4-5-6/h4-5H,1H3,(H,3,7). The molecule has 5 heteroatoms. The molecule has 1 aliphatic heterocycles. The maximum Gasteiger partial charge on any atom is 0.348 e. The number of hydrogen-bond donors (Lipinski definition) is 3. The Balaban J connectivity index is 2.48. The Hall–Kier alpha value is -0.810. The van der Waals surface area contributed by atoms with Crippen molar-refractivity contribution in [1.29, 1.82) is 0 Å². The minimum Gasteiger partial charge on any atom is -0.257 e. The third kappa shape index (κ3) is 0.625. The molecule has 0 aromatic rings. The van der Waals surface area contributed by atoms with Crippen molar-refractivity contribution in [1.82, 2.24) is 21.5 Å². The molecule has 0 bridgehead atoms. The van der Waals surface area contributed by atoms with Crippen LogP contribution in [0.1, 0.15) is 0 Å². The minimum atomic E-state index is -0.181. The molecule has 1 heterocycles. The van der Waals surface area contributed by atoms with Crippen molar-refractivity contribution in [3.8, 4) is 0 Å². The fourth-order valence-electron chi connectivity index (χ4n) is 0.300. The molecule has 0 spiro atoms. The Morgan fingerprint density at radius 1 is 1.71 bits per heavy atom. The highest BCUT2D eigenvalue weighted by molar-refractivity contribution is 5.73. The van der Waals surface area contributed by atoms with E-state index >= 15 is 0 Å². The molecule has 1 fully saturated rings. The smallest absolute Gasteiger partial charge is 0.257 e. The van der Waals surface area contributed by atoms with E-state index in [1.807, 2.05) is 0 Å². The summed E-state index contributed by atoms with van der Waals surface area (Å²) in [6, 6.07) is -0.181. The van der Waals surface area contributed by atoms with Crippen LogP contribution in [0.4, 0.5) is 4.79 Å². The third-order valence-corrected chi connectivity index (χ3v) is 0.698. The van der Waals surface area contributed by atoms with E-state index in [1.165, 1.54) is 5.01 Å². The van der Waals surface area contributed by atoms with Gasteiger partial charge in [-0.3, -0.25) is 5.43 Å². The van der Waals surface area contributed by atoms with Crippen molar-refractivity contribution < 1.29 is 4.79 Å². The molecule has 0 saturated carbocycles. The Morgan fingerprint density at radius 2 is 2.43 bits per heavy atom. The van der Waals surface area contributed by atoms with Gasteiger partial charge in [-0.15, -0.1) is 11.1 Å². The van der Waals surface area contributed by atoms with Crippen LogP contribution in [0.25, 0.3) is 0 Å². The van der Waals surface area contributed by atoms with E-state index in [9.17, 15) is 4.79 Å². The molecule has 2 amide bonds. The first-order chi connectivity index (χ1) is 3.30. The molecule has 0 radical (unpaired) electrons. The van der Waals surface area contributed by atoms with E-state index in [2.05, 4.69) is 16.5 Å². The second-order valence-corrected chi connectivity index (χ2v) is 1.23. The maximum absolute atomic E-state index is 10.3. The topological polar surface area (TPSA) is 56.4 Å². The number of carbonyl (C=O) groups is 1.